The summed E-state index contributed by atoms with van der Waals surface area (Å²) in [5.41, 5.74) is 0. The van der Waals surface area contributed by atoms with E-state index in [0.29, 0.717) is 6.54 Å². The summed E-state index contributed by atoms with van der Waals surface area (Å²) in [6.45, 7) is 1.45. The van der Waals surface area contributed by atoms with Gasteiger partial charge >= 0.3 is 6.41 Å². The van der Waals surface area contributed by atoms with Crippen molar-refractivity contribution in [2.75, 3.05) is 13.2 Å². The first-order valence-electron chi connectivity index (χ1n) is 2.65. The molecule has 0 saturated carbocycles. The number of hydrogen-bond donors (Lipinski definition) is 1. The third-order valence-electron chi connectivity index (χ3n) is 1.20. The highest BCUT2D eigenvalue weighted by atomic mass is 16.5. The van der Waals surface area contributed by atoms with E-state index in [1.807, 2.05) is 0 Å². The molecule has 3 nitrogen and oxygen atoms in total. The zero-order valence-corrected chi connectivity index (χ0v) is 4.52. The molecule has 1 radical (unpaired) electrons. The van der Waals surface area contributed by atoms with Crippen molar-refractivity contribution in [1.82, 2.24) is 5.32 Å². The van der Waals surface area contributed by atoms with Crippen LogP contribution < -0.4 is 5.32 Å². The fourth-order valence-corrected chi connectivity index (χ4v) is 0.601. The lowest BCUT2D eigenvalue weighted by atomic mass is 10.2. The van der Waals surface area contributed by atoms with Crippen LogP contribution in [0.25, 0.3) is 0 Å². The average Bonchev–Trinajstić information content (AvgIpc) is 1.63. The van der Waals surface area contributed by atoms with Crippen LogP contribution in [-0.2, 0) is 9.53 Å². The Morgan fingerprint density at radius 1 is 1.88 bits per heavy atom. The standard InChI is InChI=1S/C5H8NO2/c7-4-6-3-5-1-2-8-5/h5H,1-3H2,(H,6,7). The van der Waals surface area contributed by atoms with Gasteiger partial charge in [-0.15, -0.1) is 0 Å². The van der Waals surface area contributed by atoms with Gasteiger partial charge in [-0.2, -0.15) is 0 Å². The molecule has 45 valence electrons. The third kappa shape index (κ3) is 1.20. The lowest BCUT2D eigenvalue weighted by Gasteiger charge is -2.25. The highest BCUT2D eigenvalue weighted by Crippen LogP contribution is 2.08. The Morgan fingerprint density at radius 3 is 3.00 bits per heavy atom. The van der Waals surface area contributed by atoms with E-state index >= 15 is 0 Å². The first kappa shape index (κ1) is 5.56. The van der Waals surface area contributed by atoms with Crippen LogP contribution in [-0.4, -0.2) is 25.7 Å². The smallest absolute Gasteiger partial charge is 0.309 e. The summed E-state index contributed by atoms with van der Waals surface area (Å²) in [4.78, 5) is 9.56. The van der Waals surface area contributed by atoms with Gasteiger partial charge < -0.3 is 10.1 Å². The Bertz CT molecular complexity index is 80.5. The van der Waals surface area contributed by atoms with E-state index in [9.17, 15) is 4.79 Å². The van der Waals surface area contributed by atoms with E-state index in [0.717, 1.165) is 13.0 Å². The summed E-state index contributed by atoms with van der Waals surface area (Å²) in [6.07, 6.45) is 2.91. The predicted molar refractivity (Wildman–Crippen MR) is 28.1 cm³/mol. The van der Waals surface area contributed by atoms with E-state index in [1.165, 1.54) is 0 Å². The van der Waals surface area contributed by atoms with E-state index in [2.05, 4.69) is 5.32 Å². The molecule has 1 fully saturated rings. The molecule has 1 heterocycles. The fraction of sp³-hybridized carbons (Fsp3) is 0.800. The predicted octanol–water partition coefficient (Wildman–Crippen LogP) is -0.568. The number of nitrogens with one attached hydrogen (secondary N) is 1. The maximum atomic E-state index is 9.56. The van der Waals surface area contributed by atoms with E-state index < -0.39 is 0 Å². The van der Waals surface area contributed by atoms with Crippen LogP contribution in [0.4, 0.5) is 0 Å². The number of hydrogen-bond acceptors (Lipinski definition) is 2. The fourth-order valence-electron chi connectivity index (χ4n) is 0.601. The van der Waals surface area contributed by atoms with Crippen molar-refractivity contribution in [2.24, 2.45) is 0 Å². The van der Waals surface area contributed by atoms with Crippen molar-refractivity contribution in [3.05, 3.63) is 0 Å². The Morgan fingerprint density at radius 2 is 2.62 bits per heavy atom. The van der Waals surface area contributed by atoms with Crippen molar-refractivity contribution in [3.63, 3.8) is 0 Å². The molecule has 1 amide bonds. The molecule has 0 aromatic rings. The number of amides is 1. The van der Waals surface area contributed by atoms with Crippen molar-refractivity contribution in [2.45, 2.75) is 12.5 Å². The summed E-state index contributed by atoms with van der Waals surface area (Å²) in [6, 6.07) is 0. The largest absolute Gasteiger partial charge is 0.376 e. The van der Waals surface area contributed by atoms with Crippen molar-refractivity contribution in [1.29, 1.82) is 0 Å². The molecule has 1 atom stereocenters. The number of carbonyl (C=O) groups excluding carboxylic acids is 1. The van der Waals surface area contributed by atoms with Gasteiger partial charge in [0.25, 0.3) is 0 Å². The van der Waals surface area contributed by atoms with Gasteiger partial charge in [0.15, 0.2) is 0 Å². The SMILES string of the molecule is O=[C]NCC1CCO1. The lowest BCUT2D eigenvalue weighted by molar-refractivity contribution is -0.0460. The molecule has 1 saturated heterocycles. The van der Waals surface area contributed by atoms with Crippen molar-refractivity contribution in [3.8, 4) is 0 Å². The maximum absolute atomic E-state index is 9.56. The molecule has 1 rings (SSSR count). The van der Waals surface area contributed by atoms with Crippen LogP contribution in [0.1, 0.15) is 6.42 Å². The van der Waals surface area contributed by atoms with Gasteiger partial charge in [-0.1, -0.05) is 0 Å². The lowest BCUT2D eigenvalue weighted by Crippen LogP contribution is -2.36. The van der Waals surface area contributed by atoms with E-state index in [-0.39, 0.29) is 6.10 Å². The van der Waals surface area contributed by atoms with Gasteiger partial charge in [-0.3, -0.25) is 4.79 Å². The average molecular weight is 114 g/mol. The zero-order valence-electron chi connectivity index (χ0n) is 4.52. The van der Waals surface area contributed by atoms with Gasteiger partial charge in [0.05, 0.1) is 6.10 Å². The van der Waals surface area contributed by atoms with E-state index in [1.54, 1.807) is 6.41 Å². The molecule has 1 N–H and O–H groups in total. The second-order valence-corrected chi connectivity index (χ2v) is 1.76. The minimum atomic E-state index is 0.261. The maximum Gasteiger partial charge on any atom is 0.309 e. The zero-order chi connectivity index (χ0) is 5.82. The minimum Gasteiger partial charge on any atom is -0.376 e. The van der Waals surface area contributed by atoms with Crippen molar-refractivity contribution >= 4 is 6.41 Å². The monoisotopic (exact) mass is 114 g/mol. The van der Waals surface area contributed by atoms with Crippen LogP contribution in [0, 0.1) is 0 Å². The minimum absolute atomic E-state index is 0.261. The summed E-state index contributed by atoms with van der Waals surface area (Å²) in [7, 11) is 0. The van der Waals surface area contributed by atoms with E-state index in [4.69, 9.17) is 4.74 Å². The molecule has 0 aliphatic carbocycles. The summed E-state index contributed by atoms with van der Waals surface area (Å²) >= 11 is 0. The highest BCUT2D eigenvalue weighted by Gasteiger charge is 2.16. The van der Waals surface area contributed by atoms with Gasteiger partial charge in [-0.25, -0.2) is 0 Å². The molecule has 1 unspecified atom stereocenters. The summed E-state index contributed by atoms with van der Waals surface area (Å²) in [5, 5.41) is 2.42. The van der Waals surface area contributed by atoms with Gasteiger partial charge in [0, 0.05) is 13.2 Å². The Hall–Kier alpha value is -0.570. The second kappa shape index (κ2) is 2.67. The van der Waals surface area contributed by atoms with Crippen LogP contribution in [0.15, 0.2) is 0 Å². The first-order valence-corrected chi connectivity index (χ1v) is 2.65. The Balaban J connectivity index is 1.93. The quantitative estimate of drug-likeness (QED) is 0.499. The summed E-state index contributed by atoms with van der Waals surface area (Å²) < 4.78 is 4.99. The van der Waals surface area contributed by atoms with Crippen LogP contribution in [0.3, 0.4) is 0 Å². The highest BCUT2D eigenvalue weighted by molar-refractivity contribution is 5.46. The molecule has 3 heteroatoms. The first-order chi connectivity index (χ1) is 3.93. The van der Waals surface area contributed by atoms with Crippen LogP contribution >= 0.6 is 0 Å². The Kier molecular flexibility index (Phi) is 1.86. The normalized spacial score (nSPS) is 26.2. The molecule has 0 bridgehead atoms. The molecule has 1 aliphatic rings. The van der Waals surface area contributed by atoms with Crippen LogP contribution in [0.5, 0.6) is 0 Å². The number of rotatable bonds is 3. The summed E-state index contributed by atoms with van der Waals surface area (Å²) in [5.74, 6) is 0. The van der Waals surface area contributed by atoms with Gasteiger partial charge in [0.2, 0.25) is 0 Å². The molecule has 1 aliphatic heterocycles. The molecule has 0 aromatic carbocycles. The third-order valence-corrected chi connectivity index (χ3v) is 1.20. The Labute approximate surface area is 48.0 Å². The van der Waals surface area contributed by atoms with Crippen molar-refractivity contribution < 1.29 is 9.53 Å². The van der Waals surface area contributed by atoms with Gasteiger partial charge in [0.1, 0.15) is 0 Å². The van der Waals surface area contributed by atoms with Gasteiger partial charge in [-0.05, 0) is 6.42 Å². The second-order valence-electron chi connectivity index (χ2n) is 1.76. The molecular weight excluding hydrogens is 106 g/mol. The van der Waals surface area contributed by atoms with Crippen LogP contribution in [0.2, 0.25) is 0 Å². The molecule has 8 heavy (non-hydrogen) atoms. The molecular formula is C5H8NO2. The number of ether oxygens (including phenoxy) is 1. The topological polar surface area (TPSA) is 38.3 Å². The molecule has 0 spiro atoms. The molecule has 0 aromatic heterocycles.